The molecule has 1 aromatic rings. The summed E-state index contributed by atoms with van der Waals surface area (Å²) in [7, 11) is 0. The average molecular weight is 413 g/mol. The van der Waals surface area contributed by atoms with Crippen molar-refractivity contribution in [3.8, 4) is 5.75 Å². The Labute approximate surface area is 187 Å². The summed E-state index contributed by atoms with van der Waals surface area (Å²) >= 11 is 0. The van der Waals surface area contributed by atoms with Crippen LogP contribution in [0.5, 0.6) is 5.75 Å². The van der Waals surface area contributed by atoms with Crippen LogP contribution in [0, 0.1) is 23.7 Å². The van der Waals surface area contributed by atoms with Gasteiger partial charge in [-0.15, -0.1) is 0 Å². The second kappa shape index (κ2) is 13.4. The van der Waals surface area contributed by atoms with E-state index in [4.69, 9.17) is 0 Å². The monoisotopic (exact) mass is 412 g/mol. The van der Waals surface area contributed by atoms with Gasteiger partial charge in [0, 0.05) is 0 Å². The molecule has 1 N–H and O–H groups in total. The summed E-state index contributed by atoms with van der Waals surface area (Å²) in [4.78, 5) is 0. The van der Waals surface area contributed by atoms with Crippen LogP contribution in [-0.2, 0) is 6.42 Å². The van der Waals surface area contributed by atoms with Crippen LogP contribution in [0.1, 0.15) is 122 Å². The van der Waals surface area contributed by atoms with Gasteiger partial charge in [0.15, 0.2) is 0 Å². The van der Waals surface area contributed by atoms with Gasteiger partial charge in [-0.1, -0.05) is 122 Å². The number of aromatic hydroxyl groups is 1. The van der Waals surface area contributed by atoms with Crippen LogP contribution < -0.4 is 0 Å². The SMILES string of the molecule is CCCCCCCC1CCC(CCC(Cc2ccc(O)cc2)C2CCCCC2)CC1. The van der Waals surface area contributed by atoms with Gasteiger partial charge in [-0.25, -0.2) is 0 Å². The smallest absolute Gasteiger partial charge is 0.115 e. The molecule has 2 aliphatic rings. The minimum Gasteiger partial charge on any atom is -0.508 e. The minimum atomic E-state index is 0.398. The largest absolute Gasteiger partial charge is 0.508 e. The van der Waals surface area contributed by atoms with Gasteiger partial charge in [0.2, 0.25) is 0 Å². The summed E-state index contributed by atoms with van der Waals surface area (Å²) < 4.78 is 0. The molecular formula is C29H48O. The highest BCUT2D eigenvalue weighted by molar-refractivity contribution is 5.26. The van der Waals surface area contributed by atoms with E-state index >= 15 is 0 Å². The second-order valence-electron chi connectivity index (χ2n) is 10.7. The van der Waals surface area contributed by atoms with Crippen LogP contribution in [0.2, 0.25) is 0 Å². The van der Waals surface area contributed by atoms with Crippen molar-refractivity contribution in [1.82, 2.24) is 0 Å². The molecule has 2 aliphatic carbocycles. The van der Waals surface area contributed by atoms with E-state index in [1.54, 1.807) is 0 Å². The molecule has 1 atom stereocenters. The van der Waals surface area contributed by atoms with Gasteiger partial charge in [-0.3, -0.25) is 0 Å². The Balaban J connectivity index is 1.41. The Kier molecular flexibility index (Phi) is 10.6. The van der Waals surface area contributed by atoms with E-state index in [1.807, 2.05) is 12.1 Å². The first-order valence-corrected chi connectivity index (χ1v) is 13.5. The number of rotatable bonds is 12. The number of phenols is 1. The first-order valence-electron chi connectivity index (χ1n) is 13.5. The molecule has 0 bridgehead atoms. The summed E-state index contributed by atoms with van der Waals surface area (Å²) in [6.45, 7) is 2.31. The van der Waals surface area contributed by atoms with E-state index < -0.39 is 0 Å². The molecule has 1 unspecified atom stereocenters. The average Bonchev–Trinajstić information content (AvgIpc) is 2.79. The fourth-order valence-electron chi connectivity index (χ4n) is 6.34. The lowest BCUT2D eigenvalue weighted by molar-refractivity contribution is 0.196. The van der Waals surface area contributed by atoms with Gasteiger partial charge < -0.3 is 5.11 Å². The van der Waals surface area contributed by atoms with E-state index in [9.17, 15) is 5.11 Å². The van der Waals surface area contributed by atoms with Crippen molar-refractivity contribution in [2.24, 2.45) is 23.7 Å². The molecule has 1 aromatic carbocycles. The van der Waals surface area contributed by atoms with Crippen molar-refractivity contribution < 1.29 is 5.11 Å². The van der Waals surface area contributed by atoms with E-state index in [-0.39, 0.29) is 0 Å². The Hall–Kier alpha value is -0.980. The second-order valence-corrected chi connectivity index (χ2v) is 10.7. The molecule has 170 valence electrons. The minimum absolute atomic E-state index is 0.398. The van der Waals surface area contributed by atoms with Crippen LogP contribution in [0.15, 0.2) is 24.3 Å². The molecule has 0 aliphatic heterocycles. The van der Waals surface area contributed by atoms with Gasteiger partial charge in [0.05, 0.1) is 0 Å². The fraction of sp³-hybridized carbons (Fsp3) is 0.793. The third kappa shape index (κ3) is 8.27. The summed E-state index contributed by atoms with van der Waals surface area (Å²) in [5.74, 6) is 4.22. The standard InChI is InChI=1S/C29H48O/c1-2-3-4-5-7-10-24-13-15-25(16-14-24)17-20-28(27-11-8-6-9-12-27)23-26-18-21-29(30)22-19-26/h18-19,21-22,24-25,27-28,30H,2-17,20,23H2,1H3. The number of hydrogen-bond donors (Lipinski definition) is 1. The number of hydrogen-bond acceptors (Lipinski definition) is 1. The van der Waals surface area contributed by atoms with Gasteiger partial charge in [0.25, 0.3) is 0 Å². The zero-order chi connectivity index (χ0) is 21.0. The quantitative estimate of drug-likeness (QED) is 0.339. The van der Waals surface area contributed by atoms with Crippen LogP contribution in [-0.4, -0.2) is 5.11 Å². The van der Waals surface area contributed by atoms with Crippen LogP contribution >= 0.6 is 0 Å². The highest BCUT2D eigenvalue weighted by Crippen LogP contribution is 2.39. The normalized spacial score (nSPS) is 24.0. The lowest BCUT2D eigenvalue weighted by atomic mass is 9.72. The Morgan fingerprint density at radius 2 is 1.40 bits per heavy atom. The zero-order valence-corrected chi connectivity index (χ0v) is 19.8. The van der Waals surface area contributed by atoms with Crippen molar-refractivity contribution in [3.63, 3.8) is 0 Å². The van der Waals surface area contributed by atoms with Crippen LogP contribution in [0.3, 0.4) is 0 Å². The molecule has 0 radical (unpaired) electrons. The summed E-state index contributed by atoms with van der Waals surface area (Å²) in [5.41, 5.74) is 1.43. The third-order valence-electron chi connectivity index (χ3n) is 8.38. The van der Waals surface area contributed by atoms with Crippen molar-refractivity contribution in [3.05, 3.63) is 29.8 Å². The zero-order valence-electron chi connectivity index (χ0n) is 19.8. The first kappa shape index (κ1) is 23.7. The molecule has 30 heavy (non-hydrogen) atoms. The lowest BCUT2D eigenvalue weighted by Crippen LogP contribution is -2.22. The van der Waals surface area contributed by atoms with Crippen molar-refractivity contribution in [2.75, 3.05) is 0 Å². The van der Waals surface area contributed by atoms with Gasteiger partial charge in [-0.2, -0.15) is 0 Å². The molecule has 1 heteroatoms. The fourth-order valence-corrected chi connectivity index (χ4v) is 6.34. The van der Waals surface area contributed by atoms with Crippen molar-refractivity contribution in [1.29, 1.82) is 0 Å². The molecule has 0 aromatic heterocycles. The number of benzene rings is 1. The molecule has 1 nitrogen and oxygen atoms in total. The van der Waals surface area contributed by atoms with Crippen molar-refractivity contribution in [2.45, 2.75) is 122 Å². The molecule has 3 rings (SSSR count). The van der Waals surface area contributed by atoms with Gasteiger partial charge in [0.1, 0.15) is 5.75 Å². The highest BCUT2D eigenvalue weighted by atomic mass is 16.3. The predicted octanol–water partition coefficient (Wildman–Crippen LogP) is 9.08. The molecule has 0 saturated heterocycles. The van der Waals surface area contributed by atoms with E-state index in [0.717, 1.165) is 23.7 Å². The maximum absolute atomic E-state index is 9.63. The Morgan fingerprint density at radius 3 is 2.07 bits per heavy atom. The van der Waals surface area contributed by atoms with E-state index in [2.05, 4.69) is 19.1 Å². The van der Waals surface area contributed by atoms with Crippen LogP contribution in [0.25, 0.3) is 0 Å². The van der Waals surface area contributed by atoms with Gasteiger partial charge >= 0.3 is 0 Å². The number of phenolic OH excluding ortho intramolecular Hbond substituents is 1. The topological polar surface area (TPSA) is 20.2 Å². The Morgan fingerprint density at radius 1 is 0.767 bits per heavy atom. The highest BCUT2D eigenvalue weighted by Gasteiger charge is 2.26. The lowest BCUT2D eigenvalue weighted by Gasteiger charge is -2.33. The first-order chi connectivity index (χ1) is 14.7. The summed E-state index contributed by atoms with van der Waals surface area (Å²) in [5, 5.41) is 9.63. The van der Waals surface area contributed by atoms with Crippen LogP contribution in [0.4, 0.5) is 0 Å². The van der Waals surface area contributed by atoms with Gasteiger partial charge in [-0.05, 0) is 54.2 Å². The third-order valence-corrected chi connectivity index (χ3v) is 8.38. The molecule has 0 amide bonds. The van der Waals surface area contributed by atoms with E-state index in [0.29, 0.717) is 5.75 Å². The summed E-state index contributed by atoms with van der Waals surface area (Å²) in [6.07, 6.45) is 26.0. The molecule has 2 saturated carbocycles. The molecule has 2 fully saturated rings. The molecular weight excluding hydrogens is 364 g/mol. The Bertz CT molecular complexity index is 548. The molecule has 0 spiro atoms. The summed E-state index contributed by atoms with van der Waals surface area (Å²) in [6, 6.07) is 8.04. The molecule has 0 heterocycles. The van der Waals surface area contributed by atoms with E-state index in [1.165, 1.54) is 121 Å². The number of unbranched alkanes of at least 4 members (excludes halogenated alkanes) is 4. The maximum atomic E-state index is 9.63. The predicted molar refractivity (Wildman–Crippen MR) is 130 cm³/mol. The van der Waals surface area contributed by atoms with Crippen molar-refractivity contribution >= 4 is 0 Å². The maximum Gasteiger partial charge on any atom is 0.115 e.